The lowest BCUT2D eigenvalue weighted by molar-refractivity contribution is 0.305. The van der Waals surface area contributed by atoms with E-state index in [4.69, 9.17) is 0 Å². The van der Waals surface area contributed by atoms with Gasteiger partial charge in [0.05, 0.1) is 6.61 Å². The SMILES string of the molecule is C=CC(CO)[P+](c1ccccc1)(c1ccccc1)c1ccccc1. The molecule has 0 saturated carbocycles. The third kappa shape index (κ3) is 2.82. The van der Waals surface area contributed by atoms with Crippen LogP contribution in [0, 0.1) is 0 Å². The van der Waals surface area contributed by atoms with Crippen LogP contribution >= 0.6 is 7.26 Å². The fourth-order valence-electron chi connectivity index (χ4n) is 3.37. The Morgan fingerprint density at radius 1 is 0.708 bits per heavy atom. The van der Waals surface area contributed by atoms with E-state index in [0.717, 1.165) is 0 Å². The van der Waals surface area contributed by atoms with E-state index < -0.39 is 7.26 Å². The van der Waals surface area contributed by atoms with E-state index in [0.29, 0.717) is 0 Å². The summed E-state index contributed by atoms with van der Waals surface area (Å²) in [4.78, 5) is 0. The first-order valence-electron chi connectivity index (χ1n) is 8.13. The minimum atomic E-state index is -2.03. The average molecular weight is 333 g/mol. The van der Waals surface area contributed by atoms with Crippen molar-refractivity contribution < 1.29 is 5.11 Å². The van der Waals surface area contributed by atoms with Gasteiger partial charge >= 0.3 is 0 Å². The molecule has 0 aliphatic heterocycles. The minimum Gasteiger partial charge on any atom is -0.392 e. The molecule has 0 bridgehead atoms. The summed E-state index contributed by atoms with van der Waals surface area (Å²) in [6.07, 6.45) is 1.92. The first-order chi connectivity index (χ1) is 11.8. The molecule has 0 aliphatic rings. The summed E-state index contributed by atoms with van der Waals surface area (Å²) in [6.45, 7) is 4.12. The molecule has 0 radical (unpaired) electrons. The average Bonchev–Trinajstić information content (AvgIpc) is 2.68. The fraction of sp³-hybridized carbons (Fsp3) is 0.0909. The van der Waals surface area contributed by atoms with Crippen LogP contribution in [0.1, 0.15) is 0 Å². The number of aliphatic hydroxyl groups excluding tert-OH is 1. The van der Waals surface area contributed by atoms with Crippen molar-refractivity contribution in [2.75, 3.05) is 6.61 Å². The second kappa shape index (κ2) is 7.57. The second-order valence-corrected chi connectivity index (χ2v) is 9.37. The van der Waals surface area contributed by atoms with Gasteiger partial charge in [0.1, 0.15) is 28.8 Å². The topological polar surface area (TPSA) is 20.2 Å². The highest BCUT2D eigenvalue weighted by molar-refractivity contribution is 7.96. The van der Waals surface area contributed by atoms with Gasteiger partial charge in [0.25, 0.3) is 0 Å². The van der Waals surface area contributed by atoms with Crippen LogP contribution < -0.4 is 15.9 Å². The molecular formula is C22H22OP+. The lowest BCUT2D eigenvalue weighted by Gasteiger charge is -2.32. The maximum absolute atomic E-state index is 10.2. The molecule has 1 N–H and O–H groups in total. The van der Waals surface area contributed by atoms with Crippen LogP contribution in [-0.4, -0.2) is 17.4 Å². The Balaban J connectivity index is 2.39. The third-order valence-corrected chi connectivity index (χ3v) is 9.15. The summed E-state index contributed by atoms with van der Waals surface area (Å²) in [5.74, 6) is 0. The zero-order chi connectivity index (χ0) is 16.8. The number of aliphatic hydroxyl groups is 1. The molecular weight excluding hydrogens is 311 g/mol. The van der Waals surface area contributed by atoms with Crippen LogP contribution in [0.5, 0.6) is 0 Å². The highest BCUT2D eigenvalue weighted by atomic mass is 31.2. The second-order valence-electron chi connectivity index (χ2n) is 5.71. The number of rotatable bonds is 6. The van der Waals surface area contributed by atoms with E-state index in [2.05, 4.69) is 79.4 Å². The summed E-state index contributed by atoms with van der Waals surface area (Å²) in [5, 5.41) is 14.0. The van der Waals surface area contributed by atoms with Crippen molar-refractivity contribution in [1.29, 1.82) is 0 Å². The molecule has 1 nitrogen and oxygen atoms in total. The Bertz CT molecular complexity index is 672. The zero-order valence-corrected chi connectivity index (χ0v) is 14.5. The fourth-order valence-corrected chi connectivity index (χ4v) is 7.90. The molecule has 1 atom stereocenters. The van der Waals surface area contributed by atoms with Gasteiger partial charge in [-0.25, -0.2) is 0 Å². The van der Waals surface area contributed by atoms with Crippen LogP contribution in [0.3, 0.4) is 0 Å². The van der Waals surface area contributed by atoms with Gasteiger partial charge in [0.2, 0.25) is 0 Å². The first-order valence-corrected chi connectivity index (χ1v) is 9.99. The van der Waals surface area contributed by atoms with Crippen molar-refractivity contribution in [1.82, 2.24) is 0 Å². The lowest BCUT2D eigenvalue weighted by Crippen LogP contribution is -2.39. The van der Waals surface area contributed by atoms with Gasteiger partial charge in [-0.3, -0.25) is 0 Å². The van der Waals surface area contributed by atoms with E-state index >= 15 is 0 Å². The molecule has 0 saturated heterocycles. The normalized spacial score (nSPS) is 12.5. The van der Waals surface area contributed by atoms with Crippen molar-refractivity contribution in [3.63, 3.8) is 0 Å². The predicted molar refractivity (Wildman–Crippen MR) is 106 cm³/mol. The van der Waals surface area contributed by atoms with Crippen molar-refractivity contribution in [2.24, 2.45) is 0 Å². The minimum absolute atomic E-state index is 0.0234. The highest BCUT2D eigenvalue weighted by Crippen LogP contribution is 2.59. The Morgan fingerprint density at radius 2 is 1.04 bits per heavy atom. The molecule has 3 rings (SSSR count). The van der Waals surface area contributed by atoms with E-state index in [1.807, 2.05) is 24.3 Å². The highest BCUT2D eigenvalue weighted by Gasteiger charge is 2.50. The molecule has 24 heavy (non-hydrogen) atoms. The Morgan fingerprint density at radius 3 is 1.29 bits per heavy atom. The van der Waals surface area contributed by atoms with Crippen LogP contribution in [0.2, 0.25) is 0 Å². The largest absolute Gasteiger partial charge is 0.392 e. The molecule has 1 unspecified atom stereocenters. The van der Waals surface area contributed by atoms with Gasteiger partial charge in [-0.1, -0.05) is 61.2 Å². The van der Waals surface area contributed by atoms with Crippen molar-refractivity contribution in [2.45, 2.75) is 5.66 Å². The Hall–Kier alpha value is -2.21. The van der Waals surface area contributed by atoms with Gasteiger partial charge in [0.15, 0.2) is 0 Å². The third-order valence-electron chi connectivity index (χ3n) is 4.45. The molecule has 3 aromatic rings. The Kier molecular flexibility index (Phi) is 5.25. The molecule has 120 valence electrons. The molecule has 0 spiro atoms. The quantitative estimate of drug-likeness (QED) is 0.540. The summed E-state index contributed by atoms with van der Waals surface area (Å²) in [7, 11) is -2.03. The summed E-state index contributed by atoms with van der Waals surface area (Å²) >= 11 is 0. The van der Waals surface area contributed by atoms with E-state index in [-0.39, 0.29) is 12.3 Å². The number of hydrogen-bond donors (Lipinski definition) is 1. The van der Waals surface area contributed by atoms with Gasteiger partial charge in [0, 0.05) is 0 Å². The lowest BCUT2D eigenvalue weighted by atomic mass is 10.3. The molecule has 0 heterocycles. The predicted octanol–water partition coefficient (Wildman–Crippen LogP) is 3.53. The Labute approximate surface area is 144 Å². The number of hydrogen-bond acceptors (Lipinski definition) is 1. The van der Waals surface area contributed by atoms with Crippen LogP contribution in [0.25, 0.3) is 0 Å². The van der Waals surface area contributed by atoms with Crippen molar-refractivity contribution >= 4 is 23.2 Å². The van der Waals surface area contributed by atoms with Crippen molar-refractivity contribution in [3.8, 4) is 0 Å². The van der Waals surface area contributed by atoms with Gasteiger partial charge < -0.3 is 5.11 Å². The van der Waals surface area contributed by atoms with Crippen LogP contribution in [0.15, 0.2) is 104 Å². The van der Waals surface area contributed by atoms with E-state index in [9.17, 15) is 5.11 Å². The summed E-state index contributed by atoms with van der Waals surface area (Å²) in [6, 6.07) is 31.7. The summed E-state index contributed by atoms with van der Waals surface area (Å²) < 4.78 is 0. The van der Waals surface area contributed by atoms with Gasteiger partial charge in [-0.15, -0.1) is 0 Å². The van der Waals surface area contributed by atoms with E-state index in [1.54, 1.807) is 0 Å². The smallest absolute Gasteiger partial charge is 0.124 e. The molecule has 3 aromatic carbocycles. The molecule has 0 aliphatic carbocycles. The molecule has 0 amide bonds. The van der Waals surface area contributed by atoms with Gasteiger partial charge in [-0.2, -0.15) is 0 Å². The first kappa shape index (κ1) is 16.6. The number of benzene rings is 3. The molecule has 0 fully saturated rings. The summed E-state index contributed by atoms with van der Waals surface area (Å²) in [5.41, 5.74) is -0.0234. The van der Waals surface area contributed by atoms with Crippen LogP contribution in [-0.2, 0) is 0 Å². The van der Waals surface area contributed by atoms with Gasteiger partial charge in [-0.05, 0) is 42.5 Å². The maximum atomic E-state index is 10.2. The zero-order valence-electron chi connectivity index (χ0n) is 13.6. The molecule has 2 heteroatoms. The standard InChI is InChI=1S/C22H22OP/c1-2-19(18-23)24(20-12-6-3-7-13-20,21-14-8-4-9-15-21)22-16-10-5-11-17-22/h2-17,19,23H,1,18H2/q+1. The monoisotopic (exact) mass is 333 g/mol. The molecule has 0 aromatic heterocycles. The maximum Gasteiger partial charge on any atom is 0.124 e. The van der Waals surface area contributed by atoms with Crippen molar-refractivity contribution in [3.05, 3.63) is 104 Å². The van der Waals surface area contributed by atoms with Crippen LogP contribution in [0.4, 0.5) is 0 Å². The van der Waals surface area contributed by atoms with E-state index in [1.165, 1.54) is 15.9 Å².